The minimum atomic E-state index is -0.625. The second kappa shape index (κ2) is 9.76. The average Bonchev–Trinajstić information content (AvgIpc) is 3.28. The highest BCUT2D eigenvalue weighted by Gasteiger charge is 2.28. The van der Waals surface area contributed by atoms with Gasteiger partial charge >= 0.3 is 0 Å². The smallest absolute Gasteiger partial charge is 0.261 e. The van der Waals surface area contributed by atoms with E-state index in [1.54, 1.807) is 53.1 Å². The zero-order chi connectivity index (χ0) is 20.8. The van der Waals surface area contributed by atoms with E-state index in [-0.39, 0.29) is 24.3 Å². The van der Waals surface area contributed by atoms with E-state index < -0.39 is 6.04 Å². The first-order chi connectivity index (χ1) is 13.9. The molecule has 0 spiro atoms. The van der Waals surface area contributed by atoms with Gasteiger partial charge in [-0.1, -0.05) is 17.7 Å². The predicted octanol–water partition coefficient (Wildman–Crippen LogP) is 2.27. The summed E-state index contributed by atoms with van der Waals surface area (Å²) in [6, 6.07) is 9.69. The van der Waals surface area contributed by atoms with Gasteiger partial charge in [0, 0.05) is 31.2 Å². The number of carbonyl (C=O) groups is 3. The molecule has 154 valence electrons. The van der Waals surface area contributed by atoms with E-state index >= 15 is 0 Å². The Kier molecular flexibility index (Phi) is 7.11. The van der Waals surface area contributed by atoms with E-state index in [0.29, 0.717) is 41.8 Å². The SMILES string of the molecule is CC(NC(=O)c1cccs1)C(=O)N1CCN(C(=O)COc2ccc(Cl)cc2)CC1. The molecule has 1 N–H and O–H groups in total. The third-order valence-electron chi connectivity index (χ3n) is 4.58. The molecule has 3 rings (SSSR count). The number of halogens is 1. The normalized spacial score (nSPS) is 15.0. The molecule has 1 aliphatic rings. The summed E-state index contributed by atoms with van der Waals surface area (Å²) in [5.74, 6) is 0.0337. The van der Waals surface area contributed by atoms with Gasteiger partial charge in [-0.25, -0.2) is 0 Å². The number of piperazine rings is 1. The monoisotopic (exact) mass is 435 g/mol. The number of nitrogens with one attached hydrogen (secondary N) is 1. The standard InChI is InChI=1S/C20H22ClN3O4S/c1-14(22-19(26)17-3-2-12-29-17)20(27)24-10-8-23(9-11-24)18(25)13-28-16-6-4-15(21)5-7-16/h2-7,12,14H,8-11,13H2,1H3,(H,22,26). The highest BCUT2D eigenvalue weighted by Crippen LogP contribution is 2.16. The lowest BCUT2D eigenvalue weighted by Gasteiger charge is -2.36. The topological polar surface area (TPSA) is 79.0 Å². The zero-order valence-corrected chi connectivity index (χ0v) is 17.5. The lowest BCUT2D eigenvalue weighted by Crippen LogP contribution is -2.55. The van der Waals surface area contributed by atoms with Crippen LogP contribution in [-0.4, -0.2) is 66.3 Å². The first kappa shape index (κ1) is 21.1. The van der Waals surface area contributed by atoms with E-state index in [4.69, 9.17) is 16.3 Å². The number of thiophene rings is 1. The van der Waals surface area contributed by atoms with Gasteiger partial charge in [0.05, 0.1) is 4.88 Å². The van der Waals surface area contributed by atoms with Crippen molar-refractivity contribution in [2.75, 3.05) is 32.8 Å². The van der Waals surface area contributed by atoms with Gasteiger partial charge in [-0.05, 0) is 42.6 Å². The summed E-state index contributed by atoms with van der Waals surface area (Å²) in [6.45, 7) is 3.31. The molecule has 2 aromatic rings. The number of hydrogen-bond acceptors (Lipinski definition) is 5. The van der Waals surface area contributed by atoms with Gasteiger partial charge in [0.15, 0.2) is 6.61 Å². The second-order valence-corrected chi connectivity index (χ2v) is 8.01. The first-order valence-electron chi connectivity index (χ1n) is 9.23. The van der Waals surface area contributed by atoms with E-state index in [1.807, 2.05) is 5.38 Å². The molecule has 3 amide bonds. The maximum atomic E-state index is 12.6. The highest BCUT2D eigenvalue weighted by molar-refractivity contribution is 7.12. The van der Waals surface area contributed by atoms with Gasteiger partial charge in [-0.3, -0.25) is 14.4 Å². The highest BCUT2D eigenvalue weighted by atomic mass is 35.5. The second-order valence-electron chi connectivity index (χ2n) is 6.62. The molecule has 9 heteroatoms. The maximum absolute atomic E-state index is 12.6. The summed E-state index contributed by atoms with van der Waals surface area (Å²) in [5, 5.41) is 5.14. The molecule has 1 aromatic carbocycles. The van der Waals surface area contributed by atoms with Crippen LogP contribution in [0.1, 0.15) is 16.6 Å². The van der Waals surface area contributed by atoms with Crippen LogP contribution in [0, 0.1) is 0 Å². The number of rotatable bonds is 6. The lowest BCUT2D eigenvalue weighted by atomic mass is 10.2. The van der Waals surface area contributed by atoms with Crippen molar-refractivity contribution < 1.29 is 19.1 Å². The van der Waals surface area contributed by atoms with Crippen LogP contribution in [-0.2, 0) is 9.59 Å². The molecule has 1 unspecified atom stereocenters. The molecule has 1 atom stereocenters. The number of nitrogens with zero attached hydrogens (tertiary/aromatic N) is 2. The first-order valence-corrected chi connectivity index (χ1v) is 10.5. The Morgan fingerprint density at radius 3 is 2.38 bits per heavy atom. The molecule has 7 nitrogen and oxygen atoms in total. The number of hydrogen-bond donors (Lipinski definition) is 1. The summed E-state index contributed by atoms with van der Waals surface area (Å²) in [5.41, 5.74) is 0. The summed E-state index contributed by atoms with van der Waals surface area (Å²) in [4.78, 5) is 41.0. The van der Waals surface area contributed by atoms with E-state index in [1.165, 1.54) is 11.3 Å². The number of amides is 3. The molecule has 1 aliphatic heterocycles. The van der Waals surface area contributed by atoms with Crippen molar-refractivity contribution in [3.8, 4) is 5.75 Å². The largest absolute Gasteiger partial charge is 0.484 e. The zero-order valence-electron chi connectivity index (χ0n) is 16.0. The minimum absolute atomic E-state index is 0.0666. The van der Waals surface area contributed by atoms with Gasteiger partial charge in [-0.15, -0.1) is 11.3 Å². The lowest BCUT2D eigenvalue weighted by molar-refractivity contribution is -0.141. The fourth-order valence-electron chi connectivity index (χ4n) is 2.95. The Morgan fingerprint density at radius 1 is 1.10 bits per heavy atom. The molecule has 2 heterocycles. The molecule has 0 radical (unpaired) electrons. The Labute approximate surface area is 178 Å². The number of ether oxygens (including phenoxy) is 1. The Morgan fingerprint density at radius 2 is 1.76 bits per heavy atom. The third kappa shape index (κ3) is 5.71. The van der Waals surface area contributed by atoms with E-state index in [2.05, 4.69) is 5.32 Å². The van der Waals surface area contributed by atoms with Crippen LogP contribution >= 0.6 is 22.9 Å². The molecule has 29 heavy (non-hydrogen) atoms. The molecule has 1 fully saturated rings. The molecule has 1 aromatic heterocycles. The van der Waals surface area contributed by atoms with Crippen molar-refractivity contribution in [3.05, 3.63) is 51.7 Å². The van der Waals surface area contributed by atoms with Gasteiger partial charge in [-0.2, -0.15) is 0 Å². The molecular weight excluding hydrogens is 414 g/mol. The number of carbonyl (C=O) groups excluding carboxylic acids is 3. The van der Waals surface area contributed by atoms with Crippen molar-refractivity contribution in [1.82, 2.24) is 15.1 Å². The van der Waals surface area contributed by atoms with Crippen molar-refractivity contribution in [2.45, 2.75) is 13.0 Å². The Balaban J connectivity index is 1.42. The summed E-state index contributed by atoms with van der Waals surface area (Å²) >= 11 is 7.15. The third-order valence-corrected chi connectivity index (χ3v) is 5.70. The van der Waals surface area contributed by atoms with Crippen molar-refractivity contribution >= 4 is 40.7 Å². The van der Waals surface area contributed by atoms with Crippen LogP contribution in [0.2, 0.25) is 5.02 Å². The molecule has 0 aliphatic carbocycles. The van der Waals surface area contributed by atoms with Crippen LogP contribution in [0.25, 0.3) is 0 Å². The van der Waals surface area contributed by atoms with Crippen molar-refractivity contribution in [3.63, 3.8) is 0 Å². The number of benzene rings is 1. The fraction of sp³-hybridized carbons (Fsp3) is 0.350. The van der Waals surface area contributed by atoms with Crippen LogP contribution in [0.5, 0.6) is 5.75 Å². The van der Waals surface area contributed by atoms with Crippen LogP contribution in [0.15, 0.2) is 41.8 Å². The van der Waals surface area contributed by atoms with Crippen LogP contribution in [0.4, 0.5) is 0 Å². The van der Waals surface area contributed by atoms with E-state index in [9.17, 15) is 14.4 Å². The molecule has 0 saturated carbocycles. The van der Waals surface area contributed by atoms with Gasteiger partial charge in [0.2, 0.25) is 5.91 Å². The van der Waals surface area contributed by atoms with E-state index in [0.717, 1.165) is 0 Å². The van der Waals surface area contributed by atoms with Crippen LogP contribution < -0.4 is 10.1 Å². The summed E-state index contributed by atoms with van der Waals surface area (Å²) in [7, 11) is 0. The Hall–Kier alpha value is -2.58. The van der Waals surface area contributed by atoms with Crippen molar-refractivity contribution in [2.24, 2.45) is 0 Å². The molecular formula is C20H22ClN3O4S. The summed E-state index contributed by atoms with van der Waals surface area (Å²) in [6.07, 6.45) is 0. The van der Waals surface area contributed by atoms with Crippen molar-refractivity contribution in [1.29, 1.82) is 0 Å². The van der Waals surface area contributed by atoms with Crippen LogP contribution in [0.3, 0.4) is 0 Å². The molecule has 1 saturated heterocycles. The minimum Gasteiger partial charge on any atom is -0.484 e. The predicted molar refractivity (Wildman–Crippen MR) is 111 cm³/mol. The fourth-order valence-corrected chi connectivity index (χ4v) is 3.71. The average molecular weight is 436 g/mol. The maximum Gasteiger partial charge on any atom is 0.261 e. The quantitative estimate of drug-likeness (QED) is 0.754. The Bertz CT molecular complexity index is 849. The summed E-state index contributed by atoms with van der Waals surface area (Å²) < 4.78 is 5.49. The van der Waals surface area contributed by atoms with Gasteiger partial charge in [0.25, 0.3) is 11.8 Å². The molecule has 0 bridgehead atoms. The van der Waals surface area contributed by atoms with Gasteiger partial charge < -0.3 is 19.9 Å². The van der Waals surface area contributed by atoms with Gasteiger partial charge in [0.1, 0.15) is 11.8 Å².